The highest BCUT2D eigenvalue weighted by molar-refractivity contribution is 5.95. The predicted octanol–water partition coefficient (Wildman–Crippen LogP) is 1.82. The molecule has 7 nitrogen and oxygen atoms in total. The molecule has 2 aromatic rings. The number of rotatable bonds is 2. The van der Waals surface area contributed by atoms with Gasteiger partial charge < -0.3 is 14.4 Å². The van der Waals surface area contributed by atoms with Gasteiger partial charge in [0.05, 0.1) is 6.04 Å². The molecular formula is C15H16N4O3. The number of carbonyl (C=O) groups excluding carboxylic acids is 1. The molecule has 1 N–H and O–H groups in total. The average Bonchev–Trinajstić information content (AvgIpc) is 3.25. The quantitative estimate of drug-likeness (QED) is 0.915. The number of nitrogens with one attached hydrogen (secondary N) is 1. The fourth-order valence-corrected chi connectivity index (χ4v) is 2.98. The van der Waals surface area contributed by atoms with Crippen molar-refractivity contribution in [2.45, 2.75) is 25.8 Å². The highest BCUT2D eigenvalue weighted by Gasteiger charge is 2.33. The lowest BCUT2D eigenvalue weighted by Gasteiger charge is -2.22. The first-order valence-electron chi connectivity index (χ1n) is 7.32. The zero-order valence-electron chi connectivity index (χ0n) is 12.2. The second-order valence-corrected chi connectivity index (χ2v) is 5.50. The maximum Gasteiger partial charge on any atom is 0.254 e. The minimum Gasteiger partial charge on any atom is -0.454 e. The average molecular weight is 300 g/mol. The van der Waals surface area contributed by atoms with Gasteiger partial charge in [0.15, 0.2) is 17.3 Å². The first kappa shape index (κ1) is 13.1. The molecule has 2 aliphatic heterocycles. The fraction of sp³-hybridized carbons (Fsp3) is 0.400. The fourth-order valence-electron chi connectivity index (χ4n) is 2.98. The number of benzene rings is 1. The van der Waals surface area contributed by atoms with Gasteiger partial charge in [0.2, 0.25) is 6.79 Å². The molecule has 0 bridgehead atoms. The molecule has 1 atom stereocenters. The number of likely N-dealkylation sites (tertiary alicyclic amines) is 1. The second kappa shape index (κ2) is 5.01. The van der Waals surface area contributed by atoms with Crippen LogP contribution < -0.4 is 9.47 Å². The molecule has 1 aromatic heterocycles. The van der Waals surface area contributed by atoms with Gasteiger partial charge in [-0.05, 0) is 38.0 Å². The third kappa shape index (κ3) is 2.09. The number of aromatic amines is 1. The standard InChI is InChI=1S/C15H16N4O3/c1-9-16-14(18-17-9)11-3-2-6-19(11)15(20)10-4-5-12-13(7-10)22-8-21-12/h4-5,7,11H,2-3,6,8H2,1H3,(H,16,17,18). The molecule has 0 radical (unpaired) electrons. The van der Waals surface area contributed by atoms with Crippen LogP contribution in [0.3, 0.4) is 0 Å². The van der Waals surface area contributed by atoms with E-state index in [0.717, 1.165) is 18.7 Å². The van der Waals surface area contributed by atoms with Crippen molar-refractivity contribution in [2.75, 3.05) is 13.3 Å². The van der Waals surface area contributed by atoms with Crippen LogP contribution >= 0.6 is 0 Å². The molecule has 114 valence electrons. The van der Waals surface area contributed by atoms with Crippen molar-refractivity contribution in [3.05, 3.63) is 35.4 Å². The molecule has 1 unspecified atom stereocenters. The zero-order valence-corrected chi connectivity index (χ0v) is 12.2. The van der Waals surface area contributed by atoms with Gasteiger partial charge in [0, 0.05) is 12.1 Å². The largest absolute Gasteiger partial charge is 0.454 e. The van der Waals surface area contributed by atoms with Crippen LogP contribution in [0.2, 0.25) is 0 Å². The smallest absolute Gasteiger partial charge is 0.254 e. The van der Waals surface area contributed by atoms with Crippen LogP contribution in [-0.2, 0) is 0 Å². The summed E-state index contributed by atoms with van der Waals surface area (Å²) in [5.41, 5.74) is 0.600. The minimum atomic E-state index is -0.0668. The molecule has 1 aromatic carbocycles. The van der Waals surface area contributed by atoms with E-state index in [1.807, 2.05) is 11.8 Å². The van der Waals surface area contributed by atoms with Gasteiger partial charge in [-0.3, -0.25) is 9.89 Å². The Hall–Kier alpha value is -2.57. The predicted molar refractivity (Wildman–Crippen MR) is 76.7 cm³/mol. The Labute approximate surface area is 127 Å². The van der Waals surface area contributed by atoms with Gasteiger partial charge in [-0.1, -0.05) is 0 Å². The number of hydrogen-bond donors (Lipinski definition) is 1. The van der Waals surface area contributed by atoms with E-state index in [1.54, 1.807) is 18.2 Å². The molecular weight excluding hydrogens is 284 g/mol. The molecule has 1 fully saturated rings. The summed E-state index contributed by atoms with van der Waals surface area (Å²) in [6, 6.07) is 5.22. The van der Waals surface area contributed by atoms with Gasteiger partial charge in [0.1, 0.15) is 5.82 Å². The summed E-state index contributed by atoms with van der Waals surface area (Å²) in [5.74, 6) is 2.72. The molecule has 7 heteroatoms. The molecule has 1 saturated heterocycles. The number of fused-ring (bicyclic) bond motifs is 1. The summed E-state index contributed by atoms with van der Waals surface area (Å²) in [6.45, 7) is 2.77. The molecule has 1 amide bonds. The lowest BCUT2D eigenvalue weighted by atomic mass is 10.1. The van der Waals surface area contributed by atoms with E-state index in [-0.39, 0.29) is 18.7 Å². The van der Waals surface area contributed by atoms with Gasteiger partial charge in [-0.25, -0.2) is 4.98 Å². The van der Waals surface area contributed by atoms with Crippen LogP contribution in [-0.4, -0.2) is 39.3 Å². The highest BCUT2D eigenvalue weighted by atomic mass is 16.7. The number of carbonyl (C=O) groups is 1. The molecule has 0 spiro atoms. The van der Waals surface area contributed by atoms with Crippen molar-refractivity contribution in [1.82, 2.24) is 20.1 Å². The van der Waals surface area contributed by atoms with Gasteiger partial charge >= 0.3 is 0 Å². The van der Waals surface area contributed by atoms with E-state index in [1.165, 1.54) is 0 Å². The highest BCUT2D eigenvalue weighted by Crippen LogP contribution is 2.35. The number of nitrogens with zero attached hydrogens (tertiary/aromatic N) is 3. The minimum absolute atomic E-state index is 0.0248. The molecule has 22 heavy (non-hydrogen) atoms. The Bertz CT molecular complexity index is 727. The van der Waals surface area contributed by atoms with Gasteiger partial charge in [-0.15, -0.1) is 0 Å². The van der Waals surface area contributed by atoms with E-state index < -0.39 is 0 Å². The molecule has 0 saturated carbocycles. The van der Waals surface area contributed by atoms with Gasteiger partial charge in [0.25, 0.3) is 5.91 Å². The van der Waals surface area contributed by atoms with Crippen molar-refractivity contribution in [2.24, 2.45) is 0 Å². The monoisotopic (exact) mass is 300 g/mol. The molecule has 0 aliphatic carbocycles. The summed E-state index contributed by atoms with van der Waals surface area (Å²) < 4.78 is 10.6. The first-order chi connectivity index (χ1) is 10.7. The van der Waals surface area contributed by atoms with Crippen LogP contribution in [0.25, 0.3) is 0 Å². The van der Waals surface area contributed by atoms with Crippen molar-refractivity contribution in [3.63, 3.8) is 0 Å². The lowest BCUT2D eigenvalue weighted by molar-refractivity contribution is 0.0729. The maximum absolute atomic E-state index is 12.8. The summed E-state index contributed by atoms with van der Waals surface area (Å²) in [6.07, 6.45) is 1.84. The maximum atomic E-state index is 12.8. The van der Waals surface area contributed by atoms with Gasteiger partial charge in [-0.2, -0.15) is 5.10 Å². The molecule has 3 heterocycles. The van der Waals surface area contributed by atoms with Crippen molar-refractivity contribution < 1.29 is 14.3 Å². The van der Waals surface area contributed by atoms with E-state index in [4.69, 9.17) is 9.47 Å². The number of amides is 1. The Balaban J connectivity index is 1.61. The normalized spacial score (nSPS) is 19.7. The van der Waals surface area contributed by atoms with Crippen LogP contribution in [0.1, 0.15) is 40.9 Å². The number of hydrogen-bond acceptors (Lipinski definition) is 5. The van der Waals surface area contributed by atoms with E-state index in [2.05, 4.69) is 15.2 Å². The molecule has 4 rings (SSSR count). The topological polar surface area (TPSA) is 80.3 Å². The third-order valence-corrected chi connectivity index (χ3v) is 4.05. The summed E-state index contributed by atoms with van der Waals surface area (Å²) in [7, 11) is 0. The van der Waals surface area contributed by atoms with Crippen LogP contribution in [0, 0.1) is 6.92 Å². The Morgan fingerprint density at radius 1 is 1.36 bits per heavy atom. The Kier molecular flexibility index (Phi) is 2.99. The Morgan fingerprint density at radius 3 is 3.05 bits per heavy atom. The number of H-pyrrole nitrogens is 1. The van der Waals surface area contributed by atoms with Crippen LogP contribution in [0.4, 0.5) is 0 Å². The SMILES string of the molecule is Cc1nc(C2CCCN2C(=O)c2ccc3c(c2)OCO3)n[nH]1. The molecule has 2 aliphatic rings. The summed E-state index contributed by atoms with van der Waals surface area (Å²) >= 11 is 0. The number of aromatic nitrogens is 3. The lowest BCUT2D eigenvalue weighted by Crippen LogP contribution is -2.31. The number of ether oxygens (including phenoxy) is 2. The van der Waals surface area contributed by atoms with Crippen molar-refractivity contribution >= 4 is 5.91 Å². The van der Waals surface area contributed by atoms with E-state index in [0.29, 0.717) is 29.4 Å². The first-order valence-corrected chi connectivity index (χ1v) is 7.32. The van der Waals surface area contributed by atoms with E-state index in [9.17, 15) is 4.79 Å². The number of aryl methyl sites for hydroxylation is 1. The van der Waals surface area contributed by atoms with Crippen molar-refractivity contribution in [1.29, 1.82) is 0 Å². The van der Waals surface area contributed by atoms with E-state index >= 15 is 0 Å². The zero-order chi connectivity index (χ0) is 15.1. The van der Waals surface area contributed by atoms with Crippen LogP contribution in [0.15, 0.2) is 18.2 Å². The van der Waals surface area contributed by atoms with Crippen molar-refractivity contribution in [3.8, 4) is 11.5 Å². The second-order valence-electron chi connectivity index (χ2n) is 5.50. The Morgan fingerprint density at radius 2 is 2.23 bits per heavy atom. The summed E-state index contributed by atoms with van der Waals surface area (Å²) in [5, 5.41) is 7.05. The van der Waals surface area contributed by atoms with Crippen LogP contribution in [0.5, 0.6) is 11.5 Å². The third-order valence-electron chi connectivity index (χ3n) is 4.05. The summed E-state index contributed by atoms with van der Waals surface area (Å²) in [4.78, 5) is 19.0.